The number of nitrogens with zero attached hydrogens (tertiary/aromatic N) is 6. The zero-order valence-corrected chi connectivity index (χ0v) is 16.1. The lowest BCUT2D eigenvalue weighted by Gasteiger charge is -2.38. The highest BCUT2D eigenvalue weighted by Gasteiger charge is 2.32. The van der Waals surface area contributed by atoms with Crippen molar-refractivity contribution >= 4 is 11.6 Å². The number of hydrogen-bond donors (Lipinski definition) is 0. The van der Waals surface area contributed by atoms with Crippen molar-refractivity contribution in [3.8, 4) is 0 Å². The summed E-state index contributed by atoms with van der Waals surface area (Å²) in [6, 6.07) is 8.67. The van der Waals surface area contributed by atoms with Crippen molar-refractivity contribution in [1.29, 1.82) is 0 Å². The third-order valence-corrected chi connectivity index (χ3v) is 6.02. The maximum Gasteiger partial charge on any atom is 0.173 e. The van der Waals surface area contributed by atoms with Gasteiger partial charge in [0, 0.05) is 31.2 Å². The molecule has 1 atom stereocenters. The van der Waals surface area contributed by atoms with Gasteiger partial charge in [0.1, 0.15) is 0 Å². The third kappa shape index (κ3) is 3.77. The number of halogens is 1. The minimum atomic E-state index is 0.0814. The lowest BCUT2D eigenvalue weighted by molar-refractivity contribution is 0.119. The van der Waals surface area contributed by atoms with E-state index in [-0.39, 0.29) is 6.04 Å². The summed E-state index contributed by atoms with van der Waals surface area (Å²) < 4.78 is 2.11. The molecule has 0 unspecified atom stereocenters. The van der Waals surface area contributed by atoms with E-state index in [1.807, 2.05) is 12.1 Å². The molecule has 7 heteroatoms. The number of benzene rings is 1. The number of hydrogen-bond acceptors (Lipinski definition) is 5. The summed E-state index contributed by atoms with van der Waals surface area (Å²) in [5, 5.41) is 13.7. The predicted molar refractivity (Wildman–Crippen MR) is 102 cm³/mol. The Bertz CT molecular complexity index is 701. The van der Waals surface area contributed by atoms with Crippen LogP contribution in [0.2, 0.25) is 5.02 Å². The second-order valence-corrected chi connectivity index (χ2v) is 8.00. The van der Waals surface area contributed by atoms with Crippen LogP contribution in [0.5, 0.6) is 0 Å². The smallest absolute Gasteiger partial charge is 0.173 e. The SMILES string of the molecule is CN1CCN([C@H](c2ccc(Cl)cc2)c2nnnn2C2CCCCC2)CC1. The molecule has 0 N–H and O–H groups in total. The fourth-order valence-corrected chi connectivity index (χ4v) is 4.34. The number of aromatic nitrogens is 4. The van der Waals surface area contributed by atoms with E-state index in [1.165, 1.54) is 37.7 Å². The molecule has 2 heterocycles. The first-order chi connectivity index (χ1) is 12.7. The number of rotatable bonds is 4. The van der Waals surface area contributed by atoms with Crippen LogP contribution in [-0.2, 0) is 0 Å². The van der Waals surface area contributed by atoms with E-state index in [4.69, 9.17) is 11.6 Å². The van der Waals surface area contributed by atoms with Gasteiger partial charge in [0.05, 0.1) is 12.1 Å². The van der Waals surface area contributed by atoms with Crippen molar-refractivity contribution in [2.24, 2.45) is 0 Å². The Morgan fingerprint density at radius 2 is 1.69 bits per heavy atom. The molecule has 2 aliphatic rings. The minimum absolute atomic E-state index is 0.0814. The minimum Gasteiger partial charge on any atom is -0.304 e. The van der Waals surface area contributed by atoms with Crippen LogP contribution in [-0.4, -0.2) is 63.2 Å². The second kappa shape index (κ2) is 8.03. The first kappa shape index (κ1) is 17.9. The molecule has 1 saturated carbocycles. The quantitative estimate of drug-likeness (QED) is 0.822. The molecule has 140 valence electrons. The average molecular weight is 375 g/mol. The Kier molecular flexibility index (Phi) is 5.52. The van der Waals surface area contributed by atoms with Crippen molar-refractivity contribution in [2.75, 3.05) is 33.2 Å². The highest BCUT2D eigenvalue weighted by Crippen LogP contribution is 2.33. The molecule has 26 heavy (non-hydrogen) atoms. The summed E-state index contributed by atoms with van der Waals surface area (Å²) in [4.78, 5) is 4.88. The number of likely N-dealkylation sites (N-methyl/N-ethyl adjacent to an activating group) is 1. The maximum absolute atomic E-state index is 6.13. The van der Waals surface area contributed by atoms with Gasteiger partial charge in [0.25, 0.3) is 0 Å². The Morgan fingerprint density at radius 3 is 2.38 bits per heavy atom. The molecule has 2 aromatic rings. The zero-order valence-electron chi connectivity index (χ0n) is 15.4. The van der Waals surface area contributed by atoms with Gasteiger partial charge in [-0.05, 0) is 48.0 Å². The normalized spacial score (nSPS) is 21.8. The van der Waals surface area contributed by atoms with E-state index in [9.17, 15) is 0 Å². The molecule has 1 aliphatic carbocycles. The van der Waals surface area contributed by atoms with Gasteiger partial charge < -0.3 is 4.90 Å². The van der Waals surface area contributed by atoms with Crippen LogP contribution in [0.25, 0.3) is 0 Å². The lowest BCUT2D eigenvalue weighted by Crippen LogP contribution is -2.46. The molecule has 0 spiro atoms. The van der Waals surface area contributed by atoms with Crippen LogP contribution in [0.15, 0.2) is 24.3 Å². The van der Waals surface area contributed by atoms with Crippen molar-refractivity contribution < 1.29 is 0 Å². The molecule has 1 aliphatic heterocycles. The van der Waals surface area contributed by atoms with Gasteiger partial charge in [-0.15, -0.1) is 5.10 Å². The Labute approximate surface area is 160 Å². The molecule has 0 radical (unpaired) electrons. The van der Waals surface area contributed by atoms with E-state index in [1.54, 1.807) is 0 Å². The van der Waals surface area contributed by atoms with Crippen LogP contribution in [0, 0.1) is 0 Å². The molecule has 1 aromatic heterocycles. The van der Waals surface area contributed by atoms with Gasteiger partial charge in [-0.25, -0.2) is 4.68 Å². The van der Waals surface area contributed by atoms with Gasteiger partial charge in [-0.1, -0.05) is 43.0 Å². The Morgan fingerprint density at radius 1 is 1.00 bits per heavy atom. The predicted octanol–water partition coefficient (Wildman–Crippen LogP) is 3.17. The summed E-state index contributed by atoms with van der Waals surface area (Å²) in [5.41, 5.74) is 1.21. The lowest BCUT2D eigenvalue weighted by atomic mass is 9.95. The van der Waals surface area contributed by atoms with E-state index in [0.717, 1.165) is 37.0 Å². The van der Waals surface area contributed by atoms with E-state index < -0.39 is 0 Å². The molecule has 4 rings (SSSR count). The zero-order chi connectivity index (χ0) is 17.9. The summed E-state index contributed by atoms with van der Waals surface area (Å²) in [7, 11) is 2.18. The van der Waals surface area contributed by atoms with Crippen LogP contribution in [0.3, 0.4) is 0 Å². The van der Waals surface area contributed by atoms with Gasteiger partial charge in [-0.3, -0.25) is 4.90 Å². The summed E-state index contributed by atoms with van der Waals surface area (Å²) in [6.07, 6.45) is 6.21. The Hall–Kier alpha value is -1.50. The largest absolute Gasteiger partial charge is 0.304 e. The molecule has 2 fully saturated rings. The van der Waals surface area contributed by atoms with Crippen LogP contribution < -0.4 is 0 Å². The topological polar surface area (TPSA) is 50.1 Å². The van der Waals surface area contributed by atoms with Gasteiger partial charge >= 0.3 is 0 Å². The average Bonchev–Trinajstić information content (AvgIpc) is 3.15. The summed E-state index contributed by atoms with van der Waals surface area (Å²) in [5.74, 6) is 0.976. The van der Waals surface area contributed by atoms with Gasteiger partial charge in [-0.2, -0.15) is 0 Å². The molecular formula is C19H27ClN6. The maximum atomic E-state index is 6.13. The highest BCUT2D eigenvalue weighted by atomic mass is 35.5. The first-order valence-corrected chi connectivity index (χ1v) is 10.1. The monoisotopic (exact) mass is 374 g/mol. The van der Waals surface area contributed by atoms with E-state index >= 15 is 0 Å². The van der Waals surface area contributed by atoms with Crippen molar-refractivity contribution in [3.63, 3.8) is 0 Å². The van der Waals surface area contributed by atoms with Crippen LogP contribution in [0.4, 0.5) is 0 Å². The molecule has 1 aromatic carbocycles. The van der Waals surface area contributed by atoms with Gasteiger partial charge in [0.15, 0.2) is 5.82 Å². The molecule has 1 saturated heterocycles. The molecule has 6 nitrogen and oxygen atoms in total. The van der Waals surface area contributed by atoms with Crippen molar-refractivity contribution in [2.45, 2.75) is 44.2 Å². The Balaban J connectivity index is 1.69. The molecule has 0 amide bonds. The first-order valence-electron chi connectivity index (χ1n) is 9.68. The number of piperazine rings is 1. The van der Waals surface area contributed by atoms with E-state index in [0.29, 0.717) is 6.04 Å². The third-order valence-electron chi connectivity index (χ3n) is 5.77. The van der Waals surface area contributed by atoms with Crippen molar-refractivity contribution in [1.82, 2.24) is 30.0 Å². The van der Waals surface area contributed by atoms with Crippen molar-refractivity contribution in [3.05, 3.63) is 40.7 Å². The fraction of sp³-hybridized carbons (Fsp3) is 0.632. The molecule has 0 bridgehead atoms. The fourth-order valence-electron chi connectivity index (χ4n) is 4.21. The number of tetrazole rings is 1. The standard InChI is InChI=1S/C19H27ClN6/c1-24-11-13-25(14-12-24)18(15-7-9-16(20)10-8-15)19-21-22-23-26(19)17-5-3-2-4-6-17/h7-10,17-18H,2-6,11-14H2,1H3/t18-/m1/s1. The van der Waals surface area contributed by atoms with E-state index in [2.05, 4.69) is 49.2 Å². The second-order valence-electron chi connectivity index (χ2n) is 7.57. The van der Waals surface area contributed by atoms with Crippen LogP contribution >= 0.6 is 11.6 Å². The summed E-state index contributed by atoms with van der Waals surface area (Å²) >= 11 is 6.13. The van der Waals surface area contributed by atoms with Crippen LogP contribution in [0.1, 0.15) is 55.6 Å². The highest BCUT2D eigenvalue weighted by molar-refractivity contribution is 6.30. The van der Waals surface area contributed by atoms with Gasteiger partial charge in [0.2, 0.25) is 0 Å². The summed E-state index contributed by atoms with van der Waals surface area (Å²) in [6.45, 7) is 4.16. The molecular weight excluding hydrogens is 348 g/mol.